The number of phenolic OH excluding ortho intramolecular Hbond substituents is 1. The molecule has 0 amide bonds. The molecule has 110 valence electrons. The van der Waals surface area contributed by atoms with Gasteiger partial charge in [0.05, 0.1) is 17.6 Å². The number of carbonyl (C=O) groups is 1. The predicted octanol–water partition coefficient (Wildman–Crippen LogP) is -1.46. The van der Waals surface area contributed by atoms with Crippen molar-refractivity contribution in [1.82, 2.24) is 0 Å². The number of aromatic hydroxyl groups is 1. The summed E-state index contributed by atoms with van der Waals surface area (Å²) < 4.78 is 38.4. The normalized spacial score (nSPS) is 10.6. The number of ether oxygens (including phenoxy) is 1. The molecule has 0 saturated carbocycles. The van der Waals surface area contributed by atoms with Crippen molar-refractivity contribution < 1.29 is 57.2 Å². The molecule has 2 aromatic carbocycles. The van der Waals surface area contributed by atoms with Crippen LogP contribution in [0.3, 0.4) is 0 Å². The summed E-state index contributed by atoms with van der Waals surface area (Å²) in [4.78, 5) is 11.7. The first-order valence-electron chi connectivity index (χ1n) is 5.81. The second kappa shape index (κ2) is 7.26. The Hall–Kier alpha value is -1.38. The number of phenols is 1. The number of ketones is 1. The summed E-state index contributed by atoms with van der Waals surface area (Å²) in [6.45, 7) is 0. The molecule has 22 heavy (non-hydrogen) atoms. The van der Waals surface area contributed by atoms with Crippen LogP contribution in [0.25, 0.3) is 0 Å². The van der Waals surface area contributed by atoms with E-state index in [0.717, 1.165) is 6.07 Å². The molecule has 0 fully saturated rings. The van der Waals surface area contributed by atoms with E-state index in [1.807, 2.05) is 0 Å². The van der Waals surface area contributed by atoms with Crippen LogP contribution in [-0.2, 0) is 10.1 Å². The van der Waals surface area contributed by atoms with Crippen LogP contribution in [0.4, 0.5) is 0 Å². The Balaban J connectivity index is 0.00000242. The summed E-state index contributed by atoms with van der Waals surface area (Å²) in [5.41, 5.74) is -0.403. The monoisotopic (exact) mass is 330 g/mol. The van der Waals surface area contributed by atoms with E-state index in [2.05, 4.69) is 0 Å². The van der Waals surface area contributed by atoms with E-state index in [0.29, 0.717) is 5.75 Å². The first-order valence-corrected chi connectivity index (χ1v) is 7.22. The number of methoxy groups -OCH3 is 1. The predicted molar refractivity (Wildman–Crippen MR) is 72.5 cm³/mol. The maximum absolute atomic E-state index is 12.3. The Morgan fingerprint density at radius 1 is 1.14 bits per heavy atom. The summed E-state index contributed by atoms with van der Waals surface area (Å²) >= 11 is 0. The van der Waals surface area contributed by atoms with Gasteiger partial charge < -0.3 is 14.4 Å². The Kier molecular flexibility index (Phi) is 6.16. The maximum Gasteiger partial charge on any atom is 1.00 e. The Morgan fingerprint density at radius 3 is 2.32 bits per heavy atom. The van der Waals surface area contributed by atoms with Crippen LogP contribution in [0, 0.1) is 0 Å². The molecule has 0 unspecified atom stereocenters. The number of rotatable bonds is 4. The fourth-order valence-electron chi connectivity index (χ4n) is 1.85. The third-order valence-electron chi connectivity index (χ3n) is 2.85. The van der Waals surface area contributed by atoms with E-state index in [1.54, 1.807) is 0 Å². The molecule has 8 heteroatoms. The SMILES string of the molecule is COc1ccc(C(=O)c2ccccc2S(=O)(=O)[O-])c(O)c1.[Na+]. The third-order valence-corrected chi connectivity index (χ3v) is 3.75. The van der Waals surface area contributed by atoms with Crippen LogP contribution in [0.2, 0.25) is 0 Å². The molecule has 1 N–H and O–H groups in total. The average molecular weight is 330 g/mol. The molecule has 0 aliphatic heterocycles. The summed E-state index contributed by atoms with van der Waals surface area (Å²) in [6, 6.07) is 9.01. The van der Waals surface area contributed by atoms with Crippen molar-refractivity contribution in [1.29, 1.82) is 0 Å². The van der Waals surface area contributed by atoms with Crippen molar-refractivity contribution in [2.45, 2.75) is 4.90 Å². The Labute approximate surface area is 149 Å². The summed E-state index contributed by atoms with van der Waals surface area (Å²) in [5, 5.41) is 9.82. The summed E-state index contributed by atoms with van der Waals surface area (Å²) in [7, 11) is -3.39. The van der Waals surface area contributed by atoms with Crippen molar-refractivity contribution in [3.05, 3.63) is 53.6 Å². The zero-order valence-electron chi connectivity index (χ0n) is 11.9. The smallest absolute Gasteiger partial charge is 0.744 e. The van der Waals surface area contributed by atoms with E-state index in [9.17, 15) is 22.9 Å². The van der Waals surface area contributed by atoms with Gasteiger partial charge in [0.25, 0.3) is 0 Å². The first kappa shape index (κ1) is 18.7. The summed E-state index contributed by atoms with van der Waals surface area (Å²) in [6.07, 6.45) is 0. The average Bonchev–Trinajstić information content (AvgIpc) is 2.45. The standard InChI is InChI=1S/C14H12O6S.Na/c1-20-9-6-7-10(12(15)8-9)14(16)11-4-2-3-5-13(11)21(17,18)19;/h2-8,15H,1H3,(H,17,18,19);/q;+1/p-1. The van der Waals surface area contributed by atoms with Crippen molar-refractivity contribution in [3.63, 3.8) is 0 Å². The van der Waals surface area contributed by atoms with Crippen LogP contribution in [0.5, 0.6) is 11.5 Å². The largest absolute Gasteiger partial charge is 1.00 e. The van der Waals surface area contributed by atoms with Gasteiger partial charge in [-0.05, 0) is 24.3 Å². The van der Waals surface area contributed by atoms with Crippen molar-refractivity contribution in [2.75, 3.05) is 7.11 Å². The van der Waals surface area contributed by atoms with Gasteiger partial charge in [-0.25, -0.2) is 8.42 Å². The molecule has 0 atom stereocenters. The zero-order chi connectivity index (χ0) is 15.6. The van der Waals surface area contributed by atoms with Crippen LogP contribution >= 0.6 is 0 Å². The fraction of sp³-hybridized carbons (Fsp3) is 0.0714. The molecule has 0 heterocycles. The molecule has 0 aliphatic carbocycles. The fourth-order valence-corrected chi connectivity index (χ4v) is 2.52. The van der Waals surface area contributed by atoms with Crippen molar-refractivity contribution >= 4 is 15.9 Å². The molecule has 0 radical (unpaired) electrons. The van der Waals surface area contributed by atoms with Gasteiger partial charge in [-0.2, -0.15) is 0 Å². The first-order chi connectivity index (χ1) is 9.84. The second-order valence-corrected chi connectivity index (χ2v) is 5.51. The minimum Gasteiger partial charge on any atom is -0.744 e. The maximum atomic E-state index is 12.3. The molecule has 0 spiro atoms. The van der Waals surface area contributed by atoms with E-state index in [-0.39, 0.29) is 46.4 Å². The molecule has 2 rings (SSSR count). The molecule has 0 bridgehead atoms. The number of hydrogen-bond acceptors (Lipinski definition) is 6. The minimum absolute atomic E-state index is 0. The van der Waals surface area contributed by atoms with E-state index in [4.69, 9.17) is 4.74 Å². The van der Waals surface area contributed by atoms with Gasteiger partial charge in [0.1, 0.15) is 21.6 Å². The van der Waals surface area contributed by atoms with Gasteiger partial charge in [-0.3, -0.25) is 4.79 Å². The van der Waals surface area contributed by atoms with Crippen molar-refractivity contribution in [2.24, 2.45) is 0 Å². The second-order valence-electron chi connectivity index (χ2n) is 4.16. The zero-order valence-corrected chi connectivity index (χ0v) is 14.8. The summed E-state index contributed by atoms with van der Waals surface area (Å²) in [5.74, 6) is -0.781. The molecular formula is C14H11NaO6S. The van der Waals surface area contributed by atoms with Gasteiger partial charge in [-0.15, -0.1) is 0 Å². The van der Waals surface area contributed by atoms with Gasteiger partial charge >= 0.3 is 29.6 Å². The van der Waals surface area contributed by atoms with E-state index >= 15 is 0 Å². The Bertz CT molecular complexity index is 801. The third kappa shape index (κ3) is 3.88. The molecule has 2 aromatic rings. The quantitative estimate of drug-likeness (QED) is 0.417. The molecular weight excluding hydrogens is 319 g/mol. The number of carbonyl (C=O) groups excluding carboxylic acids is 1. The topological polar surface area (TPSA) is 104 Å². The minimum atomic E-state index is -4.79. The molecule has 6 nitrogen and oxygen atoms in total. The van der Waals surface area contributed by atoms with Gasteiger partial charge in [0, 0.05) is 11.6 Å². The molecule has 0 aromatic heterocycles. The van der Waals surface area contributed by atoms with Gasteiger partial charge in [0.15, 0.2) is 5.78 Å². The number of benzene rings is 2. The van der Waals surface area contributed by atoms with E-state index in [1.165, 1.54) is 43.5 Å². The van der Waals surface area contributed by atoms with Gasteiger partial charge in [-0.1, -0.05) is 12.1 Å². The van der Waals surface area contributed by atoms with Crippen molar-refractivity contribution in [3.8, 4) is 11.5 Å². The van der Waals surface area contributed by atoms with E-state index < -0.39 is 20.8 Å². The Morgan fingerprint density at radius 2 is 1.77 bits per heavy atom. The molecule has 0 saturated heterocycles. The van der Waals surface area contributed by atoms with Crippen LogP contribution < -0.4 is 34.3 Å². The van der Waals surface area contributed by atoms with Crippen LogP contribution in [0.1, 0.15) is 15.9 Å². The van der Waals surface area contributed by atoms with Gasteiger partial charge in [0.2, 0.25) is 0 Å². The number of hydrogen-bond donors (Lipinski definition) is 1. The van der Waals surface area contributed by atoms with Crippen LogP contribution in [0.15, 0.2) is 47.4 Å². The van der Waals surface area contributed by atoms with Crippen LogP contribution in [-0.4, -0.2) is 31.0 Å². The molecule has 0 aliphatic rings.